The Kier molecular flexibility index (Phi) is 5.77. The lowest BCUT2D eigenvalue weighted by Gasteiger charge is -2.20. The molecule has 0 radical (unpaired) electrons. The van der Waals surface area contributed by atoms with Crippen LogP contribution in [0.1, 0.15) is 37.6 Å². The van der Waals surface area contributed by atoms with Gasteiger partial charge in [-0.05, 0) is 26.8 Å². The molecule has 110 valence electrons. The van der Waals surface area contributed by atoms with E-state index in [9.17, 15) is 9.59 Å². The van der Waals surface area contributed by atoms with Crippen molar-refractivity contribution in [2.24, 2.45) is 0 Å². The molecular weight excluding hydrogens is 301 g/mol. The molecule has 0 aliphatic carbocycles. The van der Waals surface area contributed by atoms with Crippen molar-refractivity contribution in [3.63, 3.8) is 0 Å². The minimum Gasteiger partial charge on any atom is -0.351 e. The van der Waals surface area contributed by atoms with E-state index in [1.54, 1.807) is 0 Å². The number of carbonyl (C=O) groups excluding carboxylic acids is 2. The van der Waals surface area contributed by atoms with Crippen molar-refractivity contribution >= 4 is 35.0 Å². The Morgan fingerprint density at radius 1 is 1.30 bits per heavy atom. The zero-order valence-electron chi connectivity index (χ0n) is 11.6. The molecule has 0 aliphatic rings. The van der Waals surface area contributed by atoms with E-state index < -0.39 is 0 Å². The van der Waals surface area contributed by atoms with Gasteiger partial charge in [0.15, 0.2) is 0 Å². The standard InChI is InChI=1S/C13H17Cl2N3O2/c1-13(2,3)18-11(19)4-5-16-12(20)8-6-10(15)17-7-9(8)14/h6-7H,4-5H2,1-3H3,(H,16,20)(H,18,19). The first kappa shape index (κ1) is 16.7. The number of amides is 2. The molecule has 0 fully saturated rings. The molecule has 2 N–H and O–H groups in total. The summed E-state index contributed by atoms with van der Waals surface area (Å²) in [6.45, 7) is 5.89. The molecule has 7 heteroatoms. The predicted octanol–water partition coefficient (Wildman–Crippen LogP) is 2.42. The van der Waals surface area contributed by atoms with Gasteiger partial charge in [-0.2, -0.15) is 0 Å². The van der Waals surface area contributed by atoms with Gasteiger partial charge in [0, 0.05) is 24.7 Å². The highest BCUT2D eigenvalue weighted by molar-refractivity contribution is 6.35. The van der Waals surface area contributed by atoms with Crippen LogP contribution in [0.3, 0.4) is 0 Å². The number of pyridine rings is 1. The van der Waals surface area contributed by atoms with E-state index in [2.05, 4.69) is 15.6 Å². The third-order valence-corrected chi connectivity index (χ3v) is 2.73. The molecule has 1 rings (SSSR count). The van der Waals surface area contributed by atoms with E-state index >= 15 is 0 Å². The van der Waals surface area contributed by atoms with Gasteiger partial charge < -0.3 is 10.6 Å². The highest BCUT2D eigenvalue weighted by atomic mass is 35.5. The first-order valence-electron chi connectivity index (χ1n) is 6.09. The van der Waals surface area contributed by atoms with Crippen molar-refractivity contribution in [1.82, 2.24) is 15.6 Å². The minimum absolute atomic E-state index is 0.128. The van der Waals surface area contributed by atoms with E-state index in [4.69, 9.17) is 23.2 Å². The third kappa shape index (κ3) is 5.75. The molecule has 0 atom stereocenters. The maximum atomic E-state index is 11.9. The maximum absolute atomic E-state index is 11.9. The summed E-state index contributed by atoms with van der Waals surface area (Å²) in [4.78, 5) is 27.2. The Morgan fingerprint density at radius 3 is 2.55 bits per heavy atom. The fraction of sp³-hybridized carbons (Fsp3) is 0.462. The van der Waals surface area contributed by atoms with Gasteiger partial charge in [0.2, 0.25) is 5.91 Å². The Hall–Kier alpha value is -1.33. The van der Waals surface area contributed by atoms with E-state index in [1.807, 2.05) is 20.8 Å². The molecule has 0 saturated heterocycles. The summed E-state index contributed by atoms with van der Waals surface area (Å²) >= 11 is 11.6. The van der Waals surface area contributed by atoms with Crippen LogP contribution in [0, 0.1) is 0 Å². The van der Waals surface area contributed by atoms with Crippen LogP contribution < -0.4 is 10.6 Å². The molecule has 1 heterocycles. The molecule has 20 heavy (non-hydrogen) atoms. The molecule has 1 aromatic rings. The highest BCUT2D eigenvalue weighted by Gasteiger charge is 2.15. The van der Waals surface area contributed by atoms with Gasteiger partial charge in [0.05, 0.1) is 10.6 Å². The molecule has 0 aromatic carbocycles. The lowest BCUT2D eigenvalue weighted by molar-refractivity contribution is -0.122. The minimum atomic E-state index is -0.386. The molecule has 0 saturated carbocycles. The van der Waals surface area contributed by atoms with E-state index in [-0.39, 0.29) is 46.1 Å². The number of nitrogens with one attached hydrogen (secondary N) is 2. The largest absolute Gasteiger partial charge is 0.351 e. The normalized spacial score (nSPS) is 11.1. The lowest BCUT2D eigenvalue weighted by atomic mass is 10.1. The van der Waals surface area contributed by atoms with Gasteiger partial charge in [0.25, 0.3) is 5.91 Å². The van der Waals surface area contributed by atoms with Gasteiger partial charge in [-0.1, -0.05) is 23.2 Å². The topological polar surface area (TPSA) is 71.1 Å². The van der Waals surface area contributed by atoms with Crippen LogP contribution in [0.2, 0.25) is 10.2 Å². The fourth-order valence-electron chi connectivity index (χ4n) is 1.45. The molecular formula is C13H17Cl2N3O2. The number of nitrogens with zero attached hydrogens (tertiary/aromatic N) is 1. The Labute approximate surface area is 128 Å². The number of hydrogen-bond acceptors (Lipinski definition) is 3. The second-order valence-corrected chi connectivity index (χ2v) is 6.09. The number of carbonyl (C=O) groups is 2. The molecule has 5 nitrogen and oxygen atoms in total. The molecule has 0 bridgehead atoms. The second-order valence-electron chi connectivity index (χ2n) is 5.29. The number of aromatic nitrogens is 1. The number of hydrogen-bond donors (Lipinski definition) is 2. The summed E-state index contributed by atoms with van der Waals surface area (Å²) < 4.78 is 0. The number of halogens is 2. The van der Waals surface area contributed by atoms with Gasteiger partial charge >= 0.3 is 0 Å². The van der Waals surface area contributed by atoms with Crippen LogP contribution in [0.25, 0.3) is 0 Å². The SMILES string of the molecule is CC(C)(C)NC(=O)CCNC(=O)c1cc(Cl)ncc1Cl. The molecule has 2 amide bonds. The average molecular weight is 318 g/mol. The summed E-state index contributed by atoms with van der Waals surface area (Å²) in [5.74, 6) is -0.514. The Bertz CT molecular complexity index is 513. The molecule has 1 aromatic heterocycles. The molecule has 0 aliphatic heterocycles. The highest BCUT2D eigenvalue weighted by Crippen LogP contribution is 2.17. The Balaban J connectivity index is 2.48. The van der Waals surface area contributed by atoms with E-state index in [0.29, 0.717) is 0 Å². The first-order valence-corrected chi connectivity index (χ1v) is 6.85. The van der Waals surface area contributed by atoms with E-state index in [0.717, 1.165) is 0 Å². The summed E-state index contributed by atoms with van der Waals surface area (Å²) in [5, 5.41) is 5.82. The van der Waals surface area contributed by atoms with Crippen LogP contribution in [0.5, 0.6) is 0 Å². The summed E-state index contributed by atoms with van der Waals surface area (Å²) in [7, 11) is 0. The maximum Gasteiger partial charge on any atom is 0.252 e. The Morgan fingerprint density at radius 2 is 1.95 bits per heavy atom. The van der Waals surface area contributed by atoms with Crippen LogP contribution in [-0.4, -0.2) is 28.9 Å². The van der Waals surface area contributed by atoms with Crippen molar-refractivity contribution in [3.05, 3.63) is 28.0 Å². The van der Waals surface area contributed by atoms with Gasteiger partial charge in [-0.3, -0.25) is 9.59 Å². The van der Waals surface area contributed by atoms with Crippen molar-refractivity contribution in [2.45, 2.75) is 32.7 Å². The van der Waals surface area contributed by atoms with Crippen LogP contribution in [0.4, 0.5) is 0 Å². The number of rotatable bonds is 4. The van der Waals surface area contributed by atoms with Gasteiger partial charge in [-0.15, -0.1) is 0 Å². The average Bonchev–Trinajstić information content (AvgIpc) is 2.29. The monoisotopic (exact) mass is 317 g/mol. The van der Waals surface area contributed by atoms with Crippen LogP contribution in [-0.2, 0) is 4.79 Å². The second kappa shape index (κ2) is 6.90. The fourth-order valence-corrected chi connectivity index (χ4v) is 1.80. The van der Waals surface area contributed by atoms with E-state index in [1.165, 1.54) is 12.3 Å². The summed E-state index contributed by atoms with van der Waals surface area (Å²) in [6, 6.07) is 1.38. The third-order valence-electron chi connectivity index (χ3n) is 2.22. The van der Waals surface area contributed by atoms with Crippen molar-refractivity contribution in [2.75, 3.05) is 6.54 Å². The van der Waals surface area contributed by atoms with Crippen molar-refractivity contribution in [3.8, 4) is 0 Å². The predicted molar refractivity (Wildman–Crippen MR) is 79.1 cm³/mol. The zero-order chi connectivity index (χ0) is 15.3. The zero-order valence-corrected chi connectivity index (χ0v) is 13.1. The van der Waals surface area contributed by atoms with Crippen LogP contribution >= 0.6 is 23.2 Å². The molecule has 0 spiro atoms. The van der Waals surface area contributed by atoms with Gasteiger partial charge in [-0.25, -0.2) is 4.98 Å². The summed E-state index contributed by atoms with van der Waals surface area (Å²) in [5.41, 5.74) is -0.0499. The summed E-state index contributed by atoms with van der Waals surface area (Å²) in [6.07, 6.45) is 1.50. The quantitative estimate of drug-likeness (QED) is 0.838. The van der Waals surface area contributed by atoms with Gasteiger partial charge in [0.1, 0.15) is 5.15 Å². The smallest absolute Gasteiger partial charge is 0.252 e. The van der Waals surface area contributed by atoms with Crippen LogP contribution in [0.15, 0.2) is 12.3 Å². The molecule has 0 unspecified atom stereocenters. The van der Waals surface area contributed by atoms with Crippen molar-refractivity contribution in [1.29, 1.82) is 0 Å². The first-order chi connectivity index (χ1) is 9.19. The van der Waals surface area contributed by atoms with Crippen molar-refractivity contribution < 1.29 is 9.59 Å². The lowest BCUT2D eigenvalue weighted by Crippen LogP contribution is -2.42.